The molecule has 86 valence electrons. The van der Waals surface area contributed by atoms with Gasteiger partial charge in [0.15, 0.2) is 5.71 Å². The van der Waals surface area contributed by atoms with E-state index in [1.807, 2.05) is 31.2 Å². The van der Waals surface area contributed by atoms with Gasteiger partial charge in [0, 0.05) is 19.7 Å². The topological polar surface area (TPSA) is 41.9 Å². The molecule has 1 rings (SSSR count). The fourth-order valence-electron chi connectivity index (χ4n) is 1.22. The molecule has 0 spiro atoms. The second-order valence-corrected chi connectivity index (χ2v) is 3.65. The van der Waals surface area contributed by atoms with Crippen LogP contribution in [0.5, 0.6) is 0 Å². The summed E-state index contributed by atoms with van der Waals surface area (Å²) in [4.78, 5) is 11.6. The molecule has 0 radical (unpaired) electrons. The molecule has 0 heterocycles. The molecule has 4 heteroatoms. The minimum atomic E-state index is -0.433. The number of carbonyl (C=O) groups is 1. The number of nitrogens with zero attached hydrogens (tertiary/aromatic N) is 2. The van der Waals surface area contributed by atoms with Crippen molar-refractivity contribution in [3.63, 3.8) is 0 Å². The molecule has 0 aliphatic carbocycles. The van der Waals surface area contributed by atoms with E-state index in [9.17, 15) is 4.79 Å². The number of hydrogen-bond donors (Lipinski definition) is 0. The average molecular weight is 220 g/mol. The van der Waals surface area contributed by atoms with Crippen LogP contribution in [0, 0.1) is 6.92 Å². The maximum atomic E-state index is 11.6. The van der Waals surface area contributed by atoms with Gasteiger partial charge in [0.25, 0.3) is 0 Å². The zero-order valence-electron chi connectivity index (χ0n) is 10.0. The molecule has 0 atom stereocenters. The van der Waals surface area contributed by atoms with Crippen LogP contribution < -0.4 is 0 Å². The van der Waals surface area contributed by atoms with E-state index < -0.39 is 5.97 Å². The monoisotopic (exact) mass is 220 g/mol. The second kappa shape index (κ2) is 5.30. The number of hydrazone groups is 1. The molecular formula is C12H16N2O2. The summed E-state index contributed by atoms with van der Waals surface area (Å²) in [5, 5.41) is 5.70. The first kappa shape index (κ1) is 12.2. The number of ether oxygens (including phenoxy) is 1. The van der Waals surface area contributed by atoms with Crippen LogP contribution in [0.2, 0.25) is 0 Å². The van der Waals surface area contributed by atoms with Crippen LogP contribution in [0.15, 0.2) is 29.4 Å². The van der Waals surface area contributed by atoms with Crippen LogP contribution in [-0.2, 0) is 9.53 Å². The Bertz CT molecular complexity index is 394. The zero-order valence-corrected chi connectivity index (χ0v) is 10.0. The van der Waals surface area contributed by atoms with Crippen molar-refractivity contribution in [2.75, 3.05) is 21.2 Å². The number of aryl methyl sites for hydroxylation is 1. The number of rotatable bonds is 3. The number of carbonyl (C=O) groups excluding carboxylic acids is 1. The van der Waals surface area contributed by atoms with E-state index >= 15 is 0 Å². The fourth-order valence-corrected chi connectivity index (χ4v) is 1.22. The first-order chi connectivity index (χ1) is 7.54. The molecule has 0 aromatic heterocycles. The minimum Gasteiger partial charge on any atom is -0.464 e. The SMILES string of the molecule is COC(=O)/C(=N\N(C)C)c1ccc(C)cc1. The zero-order chi connectivity index (χ0) is 12.1. The maximum Gasteiger partial charge on any atom is 0.359 e. The minimum absolute atomic E-state index is 0.313. The second-order valence-electron chi connectivity index (χ2n) is 3.65. The molecule has 0 saturated carbocycles. The summed E-state index contributed by atoms with van der Waals surface area (Å²) in [7, 11) is 4.87. The third-order valence-electron chi connectivity index (χ3n) is 2.00. The highest BCUT2D eigenvalue weighted by Crippen LogP contribution is 2.06. The van der Waals surface area contributed by atoms with E-state index in [2.05, 4.69) is 5.10 Å². The lowest BCUT2D eigenvalue weighted by molar-refractivity contribution is -0.132. The predicted octanol–water partition coefficient (Wildman–Crippen LogP) is 1.43. The first-order valence-electron chi connectivity index (χ1n) is 4.96. The number of hydrogen-bond acceptors (Lipinski definition) is 4. The van der Waals surface area contributed by atoms with Crippen molar-refractivity contribution in [1.29, 1.82) is 0 Å². The van der Waals surface area contributed by atoms with Crippen molar-refractivity contribution in [3.8, 4) is 0 Å². The highest BCUT2D eigenvalue weighted by molar-refractivity contribution is 6.43. The van der Waals surface area contributed by atoms with Crippen molar-refractivity contribution in [1.82, 2.24) is 5.01 Å². The van der Waals surface area contributed by atoms with E-state index in [-0.39, 0.29) is 0 Å². The molecule has 1 aromatic rings. The predicted molar refractivity (Wildman–Crippen MR) is 63.4 cm³/mol. The summed E-state index contributed by atoms with van der Waals surface area (Å²) in [6.45, 7) is 1.99. The Morgan fingerprint density at radius 1 is 1.25 bits per heavy atom. The summed E-state index contributed by atoms with van der Waals surface area (Å²) in [6.07, 6.45) is 0. The van der Waals surface area contributed by atoms with Gasteiger partial charge in [-0.3, -0.25) is 0 Å². The van der Waals surface area contributed by atoms with E-state index in [1.165, 1.54) is 7.11 Å². The number of esters is 1. The van der Waals surface area contributed by atoms with Crippen LogP contribution in [0.3, 0.4) is 0 Å². The van der Waals surface area contributed by atoms with Gasteiger partial charge in [-0.1, -0.05) is 29.8 Å². The summed E-state index contributed by atoms with van der Waals surface area (Å²) >= 11 is 0. The van der Waals surface area contributed by atoms with Gasteiger partial charge in [-0.05, 0) is 6.92 Å². The Hall–Kier alpha value is -1.84. The van der Waals surface area contributed by atoms with Gasteiger partial charge in [-0.2, -0.15) is 5.10 Å². The van der Waals surface area contributed by atoms with E-state index in [1.54, 1.807) is 19.1 Å². The molecular weight excluding hydrogens is 204 g/mol. The largest absolute Gasteiger partial charge is 0.464 e. The Labute approximate surface area is 95.5 Å². The van der Waals surface area contributed by atoms with Crippen molar-refractivity contribution < 1.29 is 9.53 Å². The summed E-state index contributed by atoms with van der Waals surface area (Å²) in [6, 6.07) is 7.58. The molecule has 0 aliphatic heterocycles. The molecule has 4 nitrogen and oxygen atoms in total. The van der Waals surface area contributed by atoms with Crippen molar-refractivity contribution >= 4 is 11.7 Å². The Morgan fingerprint density at radius 3 is 2.25 bits per heavy atom. The number of benzene rings is 1. The van der Waals surface area contributed by atoms with Crippen LogP contribution in [0.1, 0.15) is 11.1 Å². The van der Waals surface area contributed by atoms with Crippen LogP contribution in [0.25, 0.3) is 0 Å². The average Bonchev–Trinajstić information content (AvgIpc) is 2.26. The standard InChI is InChI=1S/C12H16N2O2/c1-9-5-7-10(8-6-9)11(12(15)16-4)13-14(2)3/h5-8H,1-4H3/b13-11-. The van der Waals surface area contributed by atoms with Crippen molar-refractivity contribution in [2.45, 2.75) is 6.92 Å². The highest BCUT2D eigenvalue weighted by atomic mass is 16.5. The van der Waals surface area contributed by atoms with Gasteiger partial charge in [-0.15, -0.1) is 0 Å². The molecule has 0 amide bonds. The normalized spacial score (nSPS) is 11.1. The van der Waals surface area contributed by atoms with Gasteiger partial charge in [0.05, 0.1) is 7.11 Å². The maximum absolute atomic E-state index is 11.6. The molecule has 0 fully saturated rings. The third kappa shape index (κ3) is 3.08. The summed E-state index contributed by atoms with van der Waals surface area (Å²) in [5.41, 5.74) is 2.21. The summed E-state index contributed by atoms with van der Waals surface area (Å²) < 4.78 is 4.70. The molecule has 0 saturated heterocycles. The lowest BCUT2D eigenvalue weighted by Gasteiger charge is -2.09. The van der Waals surface area contributed by atoms with Crippen molar-refractivity contribution in [2.24, 2.45) is 5.10 Å². The lowest BCUT2D eigenvalue weighted by Crippen LogP contribution is -2.20. The van der Waals surface area contributed by atoms with Gasteiger partial charge in [-0.25, -0.2) is 4.79 Å². The van der Waals surface area contributed by atoms with Crippen LogP contribution in [0.4, 0.5) is 0 Å². The number of methoxy groups -OCH3 is 1. The molecule has 0 unspecified atom stereocenters. The first-order valence-corrected chi connectivity index (χ1v) is 4.96. The van der Waals surface area contributed by atoms with Gasteiger partial charge < -0.3 is 9.75 Å². The fraction of sp³-hybridized carbons (Fsp3) is 0.333. The Kier molecular flexibility index (Phi) is 4.05. The van der Waals surface area contributed by atoms with Gasteiger partial charge in [0.1, 0.15) is 0 Å². The Morgan fingerprint density at radius 2 is 1.81 bits per heavy atom. The summed E-state index contributed by atoms with van der Waals surface area (Å²) in [5.74, 6) is -0.433. The Balaban J connectivity index is 3.11. The van der Waals surface area contributed by atoms with E-state index in [4.69, 9.17) is 4.74 Å². The molecule has 0 bridgehead atoms. The highest BCUT2D eigenvalue weighted by Gasteiger charge is 2.14. The van der Waals surface area contributed by atoms with Crippen LogP contribution in [-0.4, -0.2) is 37.9 Å². The van der Waals surface area contributed by atoms with E-state index in [0.29, 0.717) is 5.71 Å². The molecule has 1 aromatic carbocycles. The van der Waals surface area contributed by atoms with Gasteiger partial charge >= 0.3 is 5.97 Å². The van der Waals surface area contributed by atoms with Crippen molar-refractivity contribution in [3.05, 3.63) is 35.4 Å². The van der Waals surface area contributed by atoms with E-state index in [0.717, 1.165) is 11.1 Å². The quantitative estimate of drug-likeness (QED) is 0.439. The molecule has 16 heavy (non-hydrogen) atoms. The third-order valence-corrected chi connectivity index (χ3v) is 2.00. The molecule has 0 N–H and O–H groups in total. The van der Waals surface area contributed by atoms with Gasteiger partial charge in [0.2, 0.25) is 0 Å². The van der Waals surface area contributed by atoms with Crippen LogP contribution >= 0.6 is 0 Å². The lowest BCUT2D eigenvalue weighted by atomic mass is 10.1. The molecule has 0 aliphatic rings. The smallest absolute Gasteiger partial charge is 0.359 e.